The molecule has 0 spiro atoms. The first-order chi connectivity index (χ1) is 12.1. The Morgan fingerprint density at radius 2 is 1.96 bits per heavy atom. The second-order valence-electron chi connectivity index (χ2n) is 6.18. The lowest BCUT2D eigenvalue weighted by atomic mass is 10.2. The number of hydrogen-bond donors (Lipinski definition) is 1. The Labute approximate surface area is 149 Å². The topological polar surface area (TPSA) is 71.0 Å². The van der Waals surface area contributed by atoms with Crippen LogP contribution in [-0.2, 0) is 6.42 Å². The molecule has 0 aliphatic rings. The lowest BCUT2D eigenvalue weighted by molar-refractivity contribution is 0.0947. The van der Waals surface area contributed by atoms with Gasteiger partial charge in [0, 0.05) is 38.2 Å². The second kappa shape index (κ2) is 9.71. The molecule has 0 aliphatic heterocycles. The fourth-order valence-electron chi connectivity index (χ4n) is 2.45. The van der Waals surface area contributed by atoms with E-state index in [-0.39, 0.29) is 5.91 Å². The van der Waals surface area contributed by atoms with Crippen LogP contribution in [0.2, 0.25) is 0 Å². The average molecular weight is 341 g/mol. The van der Waals surface area contributed by atoms with Gasteiger partial charge in [-0.3, -0.25) is 9.78 Å². The van der Waals surface area contributed by atoms with Crippen LogP contribution in [0.4, 0.5) is 5.95 Å². The first kappa shape index (κ1) is 18.8. The smallest absolute Gasteiger partial charge is 0.270 e. The summed E-state index contributed by atoms with van der Waals surface area (Å²) in [5.74, 6) is 0.443. The van der Waals surface area contributed by atoms with Gasteiger partial charge in [0.25, 0.3) is 5.91 Å². The van der Waals surface area contributed by atoms with Crippen molar-refractivity contribution in [1.29, 1.82) is 0 Å². The number of unbranched alkanes of at least 4 members (excludes halogenated alkanes) is 2. The molecule has 2 aromatic rings. The summed E-state index contributed by atoms with van der Waals surface area (Å²) in [6, 6.07) is 5.73. The Bertz CT molecular complexity index is 675. The molecule has 2 aromatic heterocycles. The van der Waals surface area contributed by atoms with Crippen molar-refractivity contribution in [2.24, 2.45) is 0 Å². The number of anilines is 1. The Kier molecular flexibility index (Phi) is 7.32. The Hall–Kier alpha value is -2.50. The predicted octanol–water partition coefficient (Wildman–Crippen LogP) is 2.78. The predicted molar refractivity (Wildman–Crippen MR) is 99.8 cm³/mol. The van der Waals surface area contributed by atoms with E-state index in [2.05, 4.69) is 27.2 Å². The Morgan fingerprint density at radius 1 is 1.20 bits per heavy atom. The van der Waals surface area contributed by atoms with Gasteiger partial charge in [-0.25, -0.2) is 9.97 Å². The van der Waals surface area contributed by atoms with Gasteiger partial charge in [-0.1, -0.05) is 19.8 Å². The lowest BCUT2D eigenvalue weighted by Gasteiger charge is -2.18. The fourth-order valence-corrected chi connectivity index (χ4v) is 2.45. The van der Waals surface area contributed by atoms with Crippen LogP contribution in [0.3, 0.4) is 0 Å². The summed E-state index contributed by atoms with van der Waals surface area (Å²) in [6.45, 7) is 5.48. The van der Waals surface area contributed by atoms with Gasteiger partial charge in [0.15, 0.2) is 0 Å². The highest BCUT2D eigenvalue weighted by Gasteiger charge is 2.12. The van der Waals surface area contributed by atoms with Gasteiger partial charge in [0.1, 0.15) is 5.69 Å². The normalized spacial score (nSPS) is 10.5. The van der Waals surface area contributed by atoms with Crippen LogP contribution in [-0.4, -0.2) is 41.0 Å². The largest absolute Gasteiger partial charge is 0.351 e. The van der Waals surface area contributed by atoms with Gasteiger partial charge in [-0.05, 0) is 43.5 Å². The van der Waals surface area contributed by atoms with Crippen LogP contribution in [0, 0.1) is 6.92 Å². The third-order valence-electron chi connectivity index (χ3n) is 3.97. The van der Waals surface area contributed by atoms with Crippen molar-refractivity contribution >= 4 is 11.9 Å². The van der Waals surface area contributed by atoms with Gasteiger partial charge in [-0.15, -0.1) is 0 Å². The lowest BCUT2D eigenvalue weighted by Crippen LogP contribution is -2.28. The molecule has 0 aliphatic carbocycles. The van der Waals surface area contributed by atoms with Gasteiger partial charge in [-0.2, -0.15) is 0 Å². The number of rotatable bonds is 9. The summed E-state index contributed by atoms with van der Waals surface area (Å²) in [7, 11) is 1.94. The molecule has 2 rings (SSSR count). The van der Waals surface area contributed by atoms with E-state index in [0.717, 1.165) is 37.9 Å². The van der Waals surface area contributed by atoms with E-state index in [0.29, 0.717) is 18.2 Å². The van der Waals surface area contributed by atoms with Crippen LogP contribution in [0.15, 0.2) is 30.6 Å². The molecule has 6 nitrogen and oxygen atoms in total. The highest BCUT2D eigenvalue weighted by molar-refractivity contribution is 5.92. The van der Waals surface area contributed by atoms with Gasteiger partial charge in [0.2, 0.25) is 5.95 Å². The van der Waals surface area contributed by atoms with Crippen LogP contribution in [0.25, 0.3) is 0 Å². The van der Waals surface area contributed by atoms with Gasteiger partial charge >= 0.3 is 0 Å². The maximum Gasteiger partial charge on any atom is 0.270 e. The summed E-state index contributed by atoms with van der Waals surface area (Å²) >= 11 is 0. The maximum atomic E-state index is 12.3. The van der Waals surface area contributed by atoms with E-state index < -0.39 is 0 Å². The van der Waals surface area contributed by atoms with E-state index in [1.165, 1.54) is 5.56 Å². The number of likely N-dealkylation sites (N-methyl/N-ethyl adjacent to an activating group) is 1. The zero-order chi connectivity index (χ0) is 18.1. The van der Waals surface area contributed by atoms with Crippen molar-refractivity contribution < 1.29 is 4.79 Å². The number of aryl methyl sites for hydroxylation is 1. The van der Waals surface area contributed by atoms with Crippen molar-refractivity contribution in [3.63, 3.8) is 0 Å². The SMILES string of the molecule is CCCCCNC(=O)c1cc(C)nc(N(C)CCc2ccncc2)n1. The molecule has 0 unspecified atom stereocenters. The highest BCUT2D eigenvalue weighted by atomic mass is 16.1. The van der Waals surface area contributed by atoms with E-state index in [9.17, 15) is 4.79 Å². The minimum absolute atomic E-state index is 0.134. The summed E-state index contributed by atoms with van der Waals surface area (Å²) in [5.41, 5.74) is 2.43. The van der Waals surface area contributed by atoms with E-state index in [1.54, 1.807) is 18.5 Å². The molecule has 0 atom stereocenters. The molecule has 0 saturated heterocycles. The third kappa shape index (κ3) is 6.14. The van der Waals surface area contributed by atoms with E-state index in [1.807, 2.05) is 31.0 Å². The minimum Gasteiger partial charge on any atom is -0.351 e. The monoisotopic (exact) mass is 341 g/mol. The number of nitrogens with zero attached hydrogens (tertiary/aromatic N) is 4. The molecule has 6 heteroatoms. The molecule has 0 radical (unpaired) electrons. The third-order valence-corrected chi connectivity index (χ3v) is 3.97. The van der Waals surface area contributed by atoms with Crippen molar-refractivity contribution in [3.8, 4) is 0 Å². The minimum atomic E-state index is -0.134. The number of nitrogens with one attached hydrogen (secondary N) is 1. The second-order valence-corrected chi connectivity index (χ2v) is 6.18. The van der Waals surface area contributed by atoms with Crippen LogP contribution >= 0.6 is 0 Å². The molecule has 0 saturated carbocycles. The summed E-state index contributed by atoms with van der Waals surface area (Å²) in [4.78, 5) is 27.2. The van der Waals surface area contributed by atoms with Gasteiger partial charge in [0.05, 0.1) is 0 Å². The molecule has 0 fully saturated rings. The first-order valence-electron chi connectivity index (χ1n) is 8.84. The number of pyridine rings is 1. The van der Waals surface area contributed by atoms with Crippen molar-refractivity contribution in [2.75, 3.05) is 25.0 Å². The van der Waals surface area contributed by atoms with Crippen LogP contribution in [0.5, 0.6) is 0 Å². The van der Waals surface area contributed by atoms with Crippen molar-refractivity contribution in [2.45, 2.75) is 39.5 Å². The molecule has 134 valence electrons. The standard InChI is InChI=1S/C19H27N5O/c1-4-5-6-10-21-18(25)17-14-15(2)22-19(23-17)24(3)13-9-16-7-11-20-12-8-16/h7-8,11-12,14H,4-6,9-10,13H2,1-3H3,(H,21,25). The van der Waals surface area contributed by atoms with Crippen molar-refractivity contribution in [1.82, 2.24) is 20.3 Å². The fraction of sp³-hybridized carbons (Fsp3) is 0.474. The molecule has 25 heavy (non-hydrogen) atoms. The van der Waals surface area contributed by atoms with E-state index >= 15 is 0 Å². The summed E-state index contributed by atoms with van der Waals surface area (Å²) in [5, 5.41) is 2.93. The van der Waals surface area contributed by atoms with Crippen LogP contribution in [0.1, 0.15) is 47.9 Å². The Balaban J connectivity index is 1.98. The zero-order valence-corrected chi connectivity index (χ0v) is 15.3. The van der Waals surface area contributed by atoms with Crippen LogP contribution < -0.4 is 10.2 Å². The number of amides is 1. The zero-order valence-electron chi connectivity index (χ0n) is 15.3. The molecule has 0 aromatic carbocycles. The number of carbonyl (C=O) groups is 1. The summed E-state index contributed by atoms with van der Waals surface area (Å²) in [6.07, 6.45) is 7.69. The van der Waals surface area contributed by atoms with E-state index in [4.69, 9.17) is 0 Å². The highest BCUT2D eigenvalue weighted by Crippen LogP contribution is 2.10. The number of aromatic nitrogens is 3. The molecular weight excluding hydrogens is 314 g/mol. The van der Waals surface area contributed by atoms with Crippen molar-refractivity contribution in [3.05, 3.63) is 47.5 Å². The molecule has 1 N–H and O–H groups in total. The molecule has 2 heterocycles. The summed E-state index contributed by atoms with van der Waals surface area (Å²) < 4.78 is 0. The molecule has 1 amide bonds. The maximum absolute atomic E-state index is 12.3. The Morgan fingerprint density at radius 3 is 2.68 bits per heavy atom. The molecule has 0 bridgehead atoms. The number of hydrogen-bond acceptors (Lipinski definition) is 5. The average Bonchev–Trinajstić information content (AvgIpc) is 2.63. The molecular formula is C19H27N5O. The number of carbonyl (C=O) groups excluding carboxylic acids is 1. The first-order valence-corrected chi connectivity index (χ1v) is 8.84. The van der Waals surface area contributed by atoms with Gasteiger partial charge < -0.3 is 10.2 Å². The quantitative estimate of drug-likeness (QED) is 0.710.